The Morgan fingerprint density at radius 3 is 2.26 bits per heavy atom. The van der Waals surface area contributed by atoms with Gasteiger partial charge in [-0.3, -0.25) is 9.69 Å². The van der Waals surface area contributed by atoms with E-state index in [1.54, 1.807) is 29.2 Å². The minimum absolute atomic E-state index is 0.00430. The molecule has 0 saturated carbocycles. The zero-order chi connectivity index (χ0) is 22.8. The number of amides is 1. The number of hydrogen-bond acceptors (Lipinski definition) is 4. The van der Waals surface area contributed by atoms with E-state index >= 15 is 0 Å². The van der Waals surface area contributed by atoms with Crippen LogP contribution >= 0.6 is 11.6 Å². The lowest BCUT2D eigenvalue weighted by atomic mass is 10.2. The zero-order valence-corrected chi connectivity index (χ0v) is 18.2. The number of alkyl halides is 3. The van der Waals surface area contributed by atoms with Gasteiger partial charge in [-0.15, -0.1) is 0 Å². The van der Waals surface area contributed by atoms with E-state index in [4.69, 9.17) is 11.6 Å². The van der Waals surface area contributed by atoms with Crippen LogP contribution in [0, 0.1) is 6.92 Å². The fourth-order valence-electron chi connectivity index (χ4n) is 3.18. The molecule has 0 aromatic heterocycles. The maximum absolute atomic E-state index is 12.9. The van der Waals surface area contributed by atoms with Crippen LogP contribution in [0.5, 0.6) is 0 Å². The van der Waals surface area contributed by atoms with Gasteiger partial charge < -0.3 is 5.32 Å². The van der Waals surface area contributed by atoms with Crippen LogP contribution in [0.3, 0.4) is 0 Å². The van der Waals surface area contributed by atoms with Crippen LogP contribution in [-0.4, -0.2) is 56.3 Å². The number of benzene rings is 2. The molecule has 0 spiro atoms. The monoisotopic (exact) mass is 475 g/mol. The van der Waals surface area contributed by atoms with Gasteiger partial charge in [0, 0.05) is 26.2 Å². The Kier molecular flexibility index (Phi) is 6.95. The van der Waals surface area contributed by atoms with Crippen molar-refractivity contribution in [1.29, 1.82) is 0 Å². The summed E-state index contributed by atoms with van der Waals surface area (Å²) in [5, 5.41) is 2.39. The smallest absolute Gasteiger partial charge is 0.324 e. The Hall–Kier alpha value is -2.14. The Labute approximate surface area is 183 Å². The molecule has 2 aromatic rings. The molecule has 1 N–H and O–H groups in total. The molecule has 3 rings (SSSR count). The second-order valence-electron chi connectivity index (χ2n) is 7.23. The maximum Gasteiger partial charge on any atom is 0.416 e. The third kappa shape index (κ3) is 5.76. The third-order valence-electron chi connectivity index (χ3n) is 4.93. The quantitative estimate of drug-likeness (QED) is 0.717. The van der Waals surface area contributed by atoms with E-state index in [0.717, 1.165) is 23.8 Å². The van der Waals surface area contributed by atoms with Crippen molar-refractivity contribution in [2.75, 3.05) is 38.0 Å². The Morgan fingerprint density at radius 2 is 1.68 bits per heavy atom. The van der Waals surface area contributed by atoms with Crippen LogP contribution in [0.25, 0.3) is 0 Å². The summed E-state index contributed by atoms with van der Waals surface area (Å²) in [7, 11) is -3.62. The largest absolute Gasteiger partial charge is 0.416 e. The highest BCUT2D eigenvalue weighted by molar-refractivity contribution is 7.89. The van der Waals surface area contributed by atoms with Crippen LogP contribution in [-0.2, 0) is 21.0 Å². The van der Waals surface area contributed by atoms with Gasteiger partial charge in [-0.2, -0.15) is 17.5 Å². The molecule has 1 heterocycles. The highest BCUT2D eigenvalue weighted by atomic mass is 35.5. The second kappa shape index (κ2) is 9.15. The van der Waals surface area contributed by atoms with Crippen molar-refractivity contribution >= 4 is 33.2 Å². The Balaban J connectivity index is 1.58. The average Bonchev–Trinajstić information content (AvgIpc) is 2.69. The first kappa shape index (κ1) is 23.5. The molecule has 6 nitrogen and oxygen atoms in total. The molecule has 31 heavy (non-hydrogen) atoms. The summed E-state index contributed by atoms with van der Waals surface area (Å²) < 4.78 is 65.4. The van der Waals surface area contributed by atoms with Crippen LogP contribution in [0.1, 0.15) is 11.1 Å². The molecule has 1 saturated heterocycles. The first-order valence-electron chi connectivity index (χ1n) is 9.42. The van der Waals surface area contributed by atoms with Crippen molar-refractivity contribution in [3.63, 3.8) is 0 Å². The van der Waals surface area contributed by atoms with E-state index in [0.29, 0.717) is 13.1 Å². The Bertz CT molecular complexity index is 1050. The topological polar surface area (TPSA) is 69.7 Å². The average molecular weight is 476 g/mol. The van der Waals surface area contributed by atoms with E-state index in [1.165, 1.54) is 4.31 Å². The molecular formula is C20H21ClF3N3O3S. The van der Waals surface area contributed by atoms with E-state index in [2.05, 4.69) is 5.32 Å². The number of sulfonamides is 1. The molecule has 1 aliphatic heterocycles. The molecule has 11 heteroatoms. The lowest BCUT2D eigenvalue weighted by Crippen LogP contribution is -2.50. The summed E-state index contributed by atoms with van der Waals surface area (Å²) in [5.41, 5.74) is -0.0835. The number of carbonyl (C=O) groups excluding carboxylic acids is 1. The molecule has 1 aliphatic rings. The first-order chi connectivity index (χ1) is 14.5. The minimum atomic E-state index is -4.55. The van der Waals surface area contributed by atoms with Crippen molar-refractivity contribution in [1.82, 2.24) is 9.21 Å². The molecule has 1 amide bonds. The maximum atomic E-state index is 12.9. The summed E-state index contributed by atoms with van der Waals surface area (Å²) in [5.74, 6) is -0.531. The van der Waals surface area contributed by atoms with Crippen LogP contribution < -0.4 is 5.32 Å². The van der Waals surface area contributed by atoms with Crippen LogP contribution in [0.4, 0.5) is 18.9 Å². The van der Waals surface area contributed by atoms with Gasteiger partial charge in [0.1, 0.15) is 0 Å². The molecule has 0 unspecified atom stereocenters. The van der Waals surface area contributed by atoms with Crippen molar-refractivity contribution in [3.8, 4) is 0 Å². The fourth-order valence-corrected chi connectivity index (χ4v) is 4.76. The molecule has 0 atom stereocenters. The number of carbonyl (C=O) groups is 1. The molecular weight excluding hydrogens is 455 g/mol. The lowest BCUT2D eigenvalue weighted by Gasteiger charge is -2.33. The number of anilines is 1. The number of aryl methyl sites for hydroxylation is 1. The predicted molar refractivity (Wildman–Crippen MR) is 111 cm³/mol. The molecule has 168 valence electrons. The second-order valence-corrected chi connectivity index (χ2v) is 9.58. The molecule has 0 bridgehead atoms. The van der Waals surface area contributed by atoms with Crippen LogP contribution in [0.15, 0.2) is 47.4 Å². The van der Waals surface area contributed by atoms with E-state index in [9.17, 15) is 26.4 Å². The number of nitrogens with zero attached hydrogens (tertiary/aromatic N) is 2. The summed E-state index contributed by atoms with van der Waals surface area (Å²) in [6.45, 7) is 2.81. The fraction of sp³-hybridized carbons (Fsp3) is 0.350. The number of piperazine rings is 1. The lowest BCUT2D eigenvalue weighted by molar-refractivity contribution is -0.137. The summed E-state index contributed by atoms with van der Waals surface area (Å²) >= 11 is 5.90. The summed E-state index contributed by atoms with van der Waals surface area (Å²) in [6, 6.07) is 9.28. The first-order valence-corrected chi connectivity index (χ1v) is 11.2. The zero-order valence-electron chi connectivity index (χ0n) is 16.6. The van der Waals surface area contributed by atoms with Crippen molar-refractivity contribution in [2.45, 2.75) is 18.0 Å². The standard InChI is InChI=1S/C20H21ClF3N3O3S/c1-14-2-5-16(6-3-14)31(29,30)27-10-8-26(9-11-27)13-19(28)25-18-12-15(20(22,23)24)4-7-17(18)21/h2-7,12H,8-11,13H2,1H3,(H,25,28). The molecule has 0 radical (unpaired) electrons. The number of halogens is 4. The van der Waals surface area contributed by atoms with Crippen molar-refractivity contribution in [2.24, 2.45) is 0 Å². The predicted octanol–water partition coefficient (Wildman–Crippen LogP) is 3.61. The van der Waals surface area contributed by atoms with Gasteiger partial charge in [0.25, 0.3) is 0 Å². The van der Waals surface area contributed by atoms with Gasteiger partial charge in [0.2, 0.25) is 15.9 Å². The Morgan fingerprint density at radius 1 is 1.06 bits per heavy atom. The van der Waals surface area contributed by atoms with Gasteiger partial charge in [-0.1, -0.05) is 29.3 Å². The SMILES string of the molecule is Cc1ccc(S(=O)(=O)N2CCN(CC(=O)Nc3cc(C(F)(F)F)ccc3Cl)CC2)cc1. The number of nitrogens with one attached hydrogen (secondary N) is 1. The molecule has 2 aromatic carbocycles. The third-order valence-corrected chi connectivity index (χ3v) is 7.17. The van der Waals surface area contributed by atoms with E-state index in [-0.39, 0.29) is 35.2 Å². The van der Waals surface area contributed by atoms with Gasteiger partial charge in [-0.05, 0) is 37.3 Å². The number of hydrogen-bond donors (Lipinski definition) is 1. The highest BCUT2D eigenvalue weighted by Gasteiger charge is 2.32. The van der Waals surface area contributed by atoms with E-state index in [1.807, 2.05) is 6.92 Å². The summed E-state index contributed by atoms with van der Waals surface area (Å²) in [4.78, 5) is 14.2. The van der Waals surface area contributed by atoms with Gasteiger partial charge in [0.15, 0.2) is 0 Å². The van der Waals surface area contributed by atoms with Crippen LogP contribution in [0.2, 0.25) is 5.02 Å². The molecule has 1 fully saturated rings. The van der Waals surface area contributed by atoms with Gasteiger partial charge in [-0.25, -0.2) is 8.42 Å². The van der Waals surface area contributed by atoms with Gasteiger partial charge in [0.05, 0.1) is 27.7 Å². The summed E-state index contributed by atoms with van der Waals surface area (Å²) in [6.07, 6.45) is -4.55. The highest BCUT2D eigenvalue weighted by Crippen LogP contribution is 2.33. The normalized spacial score (nSPS) is 16.3. The van der Waals surface area contributed by atoms with E-state index < -0.39 is 27.7 Å². The molecule has 0 aliphatic carbocycles. The van der Waals surface area contributed by atoms with Gasteiger partial charge >= 0.3 is 6.18 Å². The minimum Gasteiger partial charge on any atom is -0.324 e. The van der Waals surface area contributed by atoms with Crippen molar-refractivity contribution < 1.29 is 26.4 Å². The van der Waals surface area contributed by atoms with Crippen molar-refractivity contribution in [3.05, 3.63) is 58.6 Å². The number of rotatable bonds is 5.